The third-order valence-electron chi connectivity index (χ3n) is 1.91. The number of aliphatic hydroxyl groups excluding tert-OH is 2. The van der Waals surface area contributed by atoms with Crippen molar-refractivity contribution in [1.82, 2.24) is 5.32 Å². The minimum atomic E-state index is -2.96. The van der Waals surface area contributed by atoms with Gasteiger partial charge in [0.2, 0.25) is 5.91 Å². The molecule has 0 aromatic heterocycles. The average Bonchev–Trinajstić information content (AvgIpc) is 2.19. The van der Waals surface area contributed by atoms with Crippen molar-refractivity contribution in [1.29, 1.82) is 0 Å². The van der Waals surface area contributed by atoms with Gasteiger partial charge < -0.3 is 15.5 Å². The smallest absolute Gasteiger partial charge is 0.220 e. The second kappa shape index (κ2) is 7.59. The van der Waals surface area contributed by atoms with E-state index in [1.807, 2.05) is 0 Å². The molecule has 16 heavy (non-hydrogen) atoms. The van der Waals surface area contributed by atoms with E-state index in [9.17, 15) is 13.2 Å². The topological polar surface area (TPSA) is 104 Å². The van der Waals surface area contributed by atoms with Gasteiger partial charge in [-0.1, -0.05) is 0 Å². The molecule has 0 spiro atoms. The van der Waals surface area contributed by atoms with Gasteiger partial charge in [0.1, 0.15) is 9.84 Å². The van der Waals surface area contributed by atoms with Crippen molar-refractivity contribution in [3.63, 3.8) is 0 Å². The Morgan fingerprint density at radius 3 is 2.50 bits per heavy atom. The summed E-state index contributed by atoms with van der Waals surface area (Å²) in [5, 5.41) is 19.9. The number of hydrogen-bond acceptors (Lipinski definition) is 5. The van der Waals surface area contributed by atoms with E-state index < -0.39 is 22.5 Å². The molecule has 0 aromatic rings. The van der Waals surface area contributed by atoms with E-state index in [1.54, 1.807) is 0 Å². The van der Waals surface area contributed by atoms with Crippen molar-refractivity contribution in [3.8, 4) is 0 Å². The Balaban J connectivity index is 3.52. The van der Waals surface area contributed by atoms with Gasteiger partial charge >= 0.3 is 0 Å². The summed E-state index contributed by atoms with van der Waals surface area (Å²) in [6.45, 7) is -0.379. The van der Waals surface area contributed by atoms with E-state index in [4.69, 9.17) is 10.2 Å². The van der Waals surface area contributed by atoms with Crippen LogP contribution in [0, 0.1) is 0 Å². The molecule has 96 valence electrons. The van der Waals surface area contributed by atoms with Crippen molar-refractivity contribution in [2.45, 2.75) is 25.4 Å². The number of hydrogen-bond donors (Lipinski definition) is 3. The van der Waals surface area contributed by atoms with Crippen molar-refractivity contribution >= 4 is 15.7 Å². The molecule has 0 aliphatic rings. The highest BCUT2D eigenvalue weighted by molar-refractivity contribution is 7.90. The van der Waals surface area contributed by atoms with Gasteiger partial charge in [-0.3, -0.25) is 4.79 Å². The zero-order valence-corrected chi connectivity index (χ0v) is 10.2. The number of unbranched alkanes of at least 4 members (excludes halogenated alkanes) is 1. The molecule has 0 bridgehead atoms. The lowest BCUT2D eigenvalue weighted by molar-refractivity contribution is -0.121. The first-order valence-corrected chi connectivity index (χ1v) is 7.14. The Bertz CT molecular complexity index is 301. The lowest BCUT2D eigenvalue weighted by atomic mass is 10.2. The molecule has 1 atom stereocenters. The van der Waals surface area contributed by atoms with E-state index in [-0.39, 0.29) is 24.6 Å². The Labute approximate surface area is 95.6 Å². The van der Waals surface area contributed by atoms with Crippen LogP contribution in [0.3, 0.4) is 0 Å². The van der Waals surface area contributed by atoms with Crippen LogP contribution in [0.4, 0.5) is 0 Å². The normalized spacial score (nSPS) is 13.4. The van der Waals surface area contributed by atoms with Gasteiger partial charge in [0.15, 0.2) is 0 Å². The molecule has 0 rings (SSSR count). The predicted molar refractivity (Wildman–Crippen MR) is 59.7 cm³/mol. The summed E-state index contributed by atoms with van der Waals surface area (Å²) >= 11 is 0. The number of rotatable bonds is 8. The van der Waals surface area contributed by atoms with Crippen LogP contribution in [-0.4, -0.2) is 55.8 Å². The van der Waals surface area contributed by atoms with Crippen LogP contribution in [0.2, 0.25) is 0 Å². The number of carbonyl (C=O) groups is 1. The third-order valence-corrected chi connectivity index (χ3v) is 2.94. The summed E-state index contributed by atoms with van der Waals surface area (Å²) in [4.78, 5) is 11.1. The average molecular weight is 253 g/mol. The zero-order chi connectivity index (χ0) is 12.6. The highest BCUT2D eigenvalue weighted by Crippen LogP contribution is 1.98. The number of amides is 1. The van der Waals surface area contributed by atoms with Crippen LogP contribution in [0.25, 0.3) is 0 Å². The molecule has 0 saturated heterocycles. The fraction of sp³-hybridized carbons (Fsp3) is 0.889. The molecular weight excluding hydrogens is 234 g/mol. The van der Waals surface area contributed by atoms with E-state index >= 15 is 0 Å². The molecule has 7 heteroatoms. The Kier molecular flexibility index (Phi) is 7.27. The van der Waals surface area contributed by atoms with E-state index in [0.29, 0.717) is 12.8 Å². The molecule has 0 radical (unpaired) electrons. The summed E-state index contributed by atoms with van der Waals surface area (Å²) in [6, 6.07) is 0. The summed E-state index contributed by atoms with van der Waals surface area (Å²) in [5.41, 5.74) is 0. The van der Waals surface area contributed by atoms with Crippen molar-refractivity contribution < 1.29 is 23.4 Å². The maximum atomic E-state index is 11.1. The maximum absolute atomic E-state index is 11.1. The minimum absolute atomic E-state index is 0.0153. The monoisotopic (exact) mass is 253 g/mol. The van der Waals surface area contributed by atoms with E-state index in [2.05, 4.69) is 5.32 Å². The SMILES string of the molecule is CS(=O)(=O)CCCCC(=O)NCC(O)CO. The van der Waals surface area contributed by atoms with Crippen LogP contribution >= 0.6 is 0 Å². The van der Waals surface area contributed by atoms with Crippen LogP contribution in [0.5, 0.6) is 0 Å². The molecule has 0 aliphatic heterocycles. The fourth-order valence-electron chi connectivity index (χ4n) is 1.03. The molecule has 1 unspecified atom stereocenters. The second-order valence-corrected chi connectivity index (χ2v) is 5.99. The first-order chi connectivity index (χ1) is 7.35. The lowest BCUT2D eigenvalue weighted by Gasteiger charge is -2.08. The number of sulfone groups is 1. The fourth-order valence-corrected chi connectivity index (χ4v) is 1.76. The summed E-state index contributed by atoms with van der Waals surface area (Å²) < 4.78 is 21.5. The van der Waals surface area contributed by atoms with Gasteiger partial charge in [-0.2, -0.15) is 0 Å². The molecule has 0 fully saturated rings. The summed E-state index contributed by atoms with van der Waals surface area (Å²) in [6.07, 6.45) is 1.39. The standard InChI is InChI=1S/C9H19NO5S/c1-16(14,15)5-3-2-4-9(13)10-6-8(12)7-11/h8,11-12H,2-7H2,1H3,(H,10,13). The highest BCUT2D eigenvalue weighted by atomic mass is 32.2. The maximum Gasteiger partial charge on any atom is 0.220 e. The number of aliphatic hydroxyl groups is 2. The largest absolute Gasteiger partial charge is 0.394 e. The van der Waals surface area contributed by atoms with Gasteiger partial charge in [-0.15, -0.1) is 0 Å². The third kappa shape index (κ3) is 9.88. The molecule has 6 nitrogen and oxygen atoms in total. The quantitative estimate of drug-likeness (QED) is 0.465. The lowest BCUT2D eigenvalue weighted by Crippen LogP contribution is -2.33. The van der Waals surface area contributed by atoms with E-state index in [1.165, 1.54) is 0 Å². The van der Waals surface area contributed by atoms with Crippen molar-refractivity contribution in [3.05, 3.63) is 0 Å². The van der Waals surface area contributed by atoms with Gasteiger partial charge in [0.25, 0.3) is 0 Å². The minimum Gasteiger partial charge on any atom is -0.394 e. The van der Waals surface area contributed by atoms with Crippen molar-refractivity contribution in [2.75, 3.05) is 25.2 Å². The van der Waals surface area contributed by atoms with Gasteiger partial charge in [0, 0.05) is 25.0 Å². The highest BCUT2D eigenvalue weighted by Gasteiger charge is 2.06. The van der Waals surface area contributed by atoms with Gasteiger partial charge in [0.05, 0.1) is 12.7 Å². The first-order valence-electron chi connectivity index (χ1n) is 5.08. The summed E-state index contributed by atoms with van der Waals surface area (Å²) in [5.74, 6) is -0.166. The number of nitrogens with one attached hydrogen (secondary N) is 1. The van der Waals surface area contributed by atoms with Gasteiger partial charge in [-0.25, -0.2) is 8.42 Å². The summed E-state index contributed by atoms with van der Waals surface area (Å²) in [7, 11) is -2.96. The molecular formula is C9H19NO5S. The molecule has 0 aliphatic carbocycles. The Hall–Kier alpha value is -0.660. The Morgan fingerprint density at radius 2 is 2.00 bits per heavy atom. The van der Waals surface area contributed by atoms with Crippen LogP contribution < -0.4 is 5.32 Å². The van der Waals surface area contributed by atoms with E-state index in [0.717, 1.165) is 6.26 Å². The second-order valence-electron chi connectivity index (χ2n) is 3.73. The van der Waals surface area contributed by atoms with Crippen molar-refractivity contribution in [2.24, 2.45) is 0 Å². The molecule has 1 amide bonds. The van der Waals surface area contributed by atoms with Crippen LogP contribution in [0.1, 0.15) is 19.3 Å². The molecule has 3 N–H and O–H groups in total. The molecule has 0 heterocycles. The zero-order valence-electron chi connectivity index (χ0n) is 9.35. The molecule has 0 aromatic carbocycles. The van der Waals surface area contributed by atoms with Crippen LogP contribution in [-0.2, 0) is 14.6 Å². The molecule has 0 saturated carbocycles. The predicted octanol–water partition coefficient (Wildman–Crippen LogP) is -1.33. The van der Waals surface area contributed by atoms with Gasteiger partial charge in [-0.05, 0) is 12.8 Å². The first kappa shape index (κ1) is 15.3. The van der Waals surface area contributed by atoms with Crippen LogP contribution in [0.15, 0.2) is 0 Å². The Morgan fingerprint density at radius 1 is 1.38 bits per heavy atom. The number of carbonyl (C=O) groups excluding carboxylic acids is 1.